The molecule has 1 unspecified atom stereocenters. The largest absolute Gasteiger partial charge is 0.372 e. The summed E-state index contributed by atoms with van der Waals surface area (Å²) in [5, 5.41) is 2.87. The van der Waals surface area contributed by atoms with E-state index in [-0.39, 0.29) is 17.6 Å². The quantitative estimate of drug-likeness (QED) is 0.868. The lowest BCUT2D eigenvalue weighted by Gasteiger charge is -2.41. The highest BCUT2D eigenvalue weighted by atomic mass is 16.5. The van der Waals surface area contributed by atoms with E-state index in [1.165, 1.54) is 6.20 Å². The van der Waals surface area contributed by atoms with Crippen molar-refractivity contribution >= 4 is 11.7 Å². The summed E-state index contributed by atoms with van der Waals surface area (Å²) in [6, 6.07) is 0. The molecule has 2 heterocycles. The second-order valence-corrected chi connectivity index (χ2v) is 5.41. The lowest BCUT2D eigenvalue weighted by molar-refractivity contribution is -0.118. The van der Waals surface area contributed by atoms with Gasteiger partial charge in [-0.1, -0.05) is 0 Å². The van der Waals surface area contributed by atoms with Crippen LogP contribution in [0.1, 0.15) is 31.3 Å². The van der Waals surface area contributed by atoms with Crippen LogP contribution in [0.25, 0.3) is 0 Å². The smallest absolute Gasteiger partial charge is 0.274 e. The molecule has 1 aliphatic heterocycles. The van der Waals surface area contributed by atoms with E-state index < -0.39 is 0 Å². The molecule has 2 rings (SSSR count). The van der Waals surface area contributed by atoms with E-state index in [9.17, 15) is 4.79 Å². The SMILES string of the molecule is CNc1cnc(C(=O)N2CC(C)OC(C)(C)C2)cn1. The Morgan fingerprint density at radius 1 is 1.47 bits per heavy atom. The maximum absolute atomic E-state index is 12.4. The van der Waals surface area contributed by atoms with Crippen LogP contribution >= 0.6 is 0 Å². The standard InChI is InChI=1S/C13H20N4O2/c1-9-7-17(8-13(2,3)19-9)12(18)10-5-16-11(14-4)6-15-10/h5-6,9H,7-8H2,1-4H3,(H,14,16). The molecule has 1 N–H and O–H groups in total. The Morgan fingerprint density at radius 2 is 2.21 bits per heavy atom. The molecular formula is C13H20N4O2. The van der Waals surface area contributed by atoms with Crippen LogP contribution < -0.4 is 5.32 Å². The summed E-state index contributed by atoms with van der Waals surface area (Å²) in [4.78, 5) is 22.4. The van der Waals surface area contributed by atoms with Gasteiger partial charge in [-0.3, -0.25) is 4.79 Å². The van der Waals surface area contributed by atoms with Gasteiger partial charge in [0, 0.05) is 20.1 Å². The van der Waals surface area contributed by atoms with Gasteiger partial charge in [0.25, 0.3) is 5.91 Å². The number of ether oxygens (including phenoxy) is 1. The summed E-state index contributed by atoms with van der Waals surface area (Å²) in [5.74, 6) is 0.547. The number of nitrogens with one attached hydrogen (secondary N) is 1. The van der Waals surface area contributed by atoms with E-state index in [1.54, 1.807) is 18.1 Å². The Morgan fingerprint density at radius 3 is 2.74 bits per heavy atom. The van der Waals surface area contributed by atoms with Gasteiger partial charge in [-0.25, -0.2) is 9.97 Å². The molecule has 0 saturated carbocycles. The summed E-state index contributed by atoms with van der Waals surface area (Å²) < 4.78 is 5.79. The molecule has 0 bridgehead atoms. The van der Waals surface area contributed by atoms with Crippen molar-refractivity contribution in [1.29, 1.82) is 0 Å². The minimum atomic E-state index is -0.328. The molecule has 1 aromatic heterocycles. The molecule has 0 radical (unpaired) electrons. The normalized spacial score (nSPS) is 22.1. The number of anilines is 1. The van der Waals surface area contributed by atoms with Gasteiger partial charge in [-0.2, -0.15) is 0 Å². The topological polar surface area (TPSA) is 67.4 Å². The van der Waals surface area contributed by atoms with Crippen molar-refractivity contribution in [2.75, 3.05) is 25.5 Å². The monoisotopic (exact) mass is 264 g/mol. The summed E-state index contributed by atoms with van der Waals surface area (Å²) in [6.07, 6.45) is 3.08. The molecule has 6 nitrogen and oxygen atoms in total. The number of hydrogen-bond acceptors (Lipinski definition) is 5. The Bertz CT molecular complexity index is 458. The fraction of sp³-hybridized carbons (Fsp3) is 0.615. The van der Waals surface area contributed by atoms with Crippen molar-refractivity contribution in [3.05, 3.63) is 18.1 Å². The van der Waals surface area contributed by atoms with Crippen molar-refractivity contribution in [1.82, 2.24) is 14.9 Å². The molecule has 1 saturated heterocycles. The first-order valence-electron chi connectivity index (χ1n) is 6.38. The zero-order valence-corrected chi connectivity index (χ0v) is 11.8. The summed E-state index contributed by atoms with van der Waals surface area (Å²) in [6.45, 7) is 7.08. The van der Waals surface area contributed by atoms with Gasteiger partial charge in [0.1, 0.15) is 11.5 Å². The average Bonchev–Trinajstić information content (AvgIpc) is 2.35. The molecule has 1 aliphatic rings. The van der Waals surface area contributed by atoms with Crippen LogP contribution in [0.5, 0.6) is 0 Å². The van der Waals surface area contributed by atoms with Gasteiger partial charge < -0.3 is 15.0 Å². The van der Waals surface area contributed by atoms with Gasteiger partial charge in [0.15, 0.2) is 0 Å². The van der Waals surface area contributed by atoms with Crippen LogP contribution in [0.15, 0.2) is 12.4 Å². The molecule has 6 heteroatoms. The molecule has 0 aliphatic carbocycles. The first kappa shape index (κ1) is 13.7. The van der Waals surface area contributed by atoms with Crippen LogP contribution in [0, 0.1) is 0 Å². The van der Waals surface area contributed by atoms with Crippen LogP contribution in [0.4, 0.5) is 5.82 Å². The van der Waals surface area contributed by atoms with Crippen LogP contribution in [0.2, 0.25) is 0 Å². The molecular weight excluding hydrogens is 244 g/mol. The molecule has 1 fully saturated rings. The van der Waals surface area contributed by atoms with E-state index >= 15 is 0 Å². The third-order valence-corrected chi connectivity index (χ3v) is 2.98. The van der Waals surface area contributed by atoms with Crippen LogP contribution in [-0.4, -0.2) is 52.6 Å². The minimum absolute atomic E-state index is 0.0252. The molecule has 1 amide bonds. The number of carbonyl (C=O) groups is 1. The van der Waals surface area contributed by atoms with Crippen molar-refractivity contribution in [3.63, 3.8) is 0 Å². The van der Waals surface area contributed by atoms with Crippen molar-refractivity contribution in [2.45, 2.75) is 32.5 Å². The average molecular weight is 264 g/mol. The third kappa shape index (κ3) is 3.20. The number of rotatable bonds is 2. The summed E-state index contributed by atoms with van der Waals surface area (Å²) in [5.41, 5.74) is 0.0370. The number of hydrogen-bond donors (Lipinski definition) is 1. The maximum Gasteiger partial charge on any atom is 0.274 e. The molecule has 104 valence electrons. The lowest BCUT2D eigenvalue weighted by Crippen LogP contribution is -2.53. The Kier molecular flexibility index (Phi) is 3.71. The number of morpholine rings is 1. The van der Waals surface area contributed by atoms with Crippen molar-refractivity contribution < 1.29 is 9.53 Å². The maximum atomic E-state index is 12.4. The molecule has 1 atom stereocenters. The van der Waals surface area contributed by atoms with E-state index in [4.69, 9.17) is 4.74 Å². The zero-order valence-electron chi connectivity index (χ0n) is 11.8. The minimum Gasteiger partial charge on any atom is -0.372 e. The van der Waals surface area contributed by atoms with Gasteiger partial charge in [0.2, 0.25) is 0 Å². The summed E-state index contributed by atoms with van der Waals surface area (Å²) in [7, 11) is 1.76. The Labute approximate surface area is 113 Å². The fourth-order valence-electron chi connectivity index (χ4n) is 2.34. The van der Waals surface area contributed by atoms with Crippen LogP contribution in [0.3, 0.4) is 0 Å². The Hall–Kier alpha value is -1.69. The lowest BCUT2D eigenvalue weighted by atomic mass is 10.1. The molecule has 1 aromatic rings. The second-order valence-electron chi connectivity index (χ2n) is 5.41. The number of amides is 1. The zero-order chi connectivity index (χ0) is 14.0. The Balaban J connectivity index is 2.14. The third-order valence-electron chi connectivity index (χ3n) is 2.98. The van der Waals surface area contributed by atoms with Gasteiger partial charge in [-0.15, -0.1) is 0 Å². The number of aromatic nitrogens is 2. The van der Waals surface area contributed by atoms with Crippen molar-refractivity contribution in [3.8, 4) is 0 Å². The van der Waals surface area contributed by atoms with E-state index in [2.05, 4.69) is 15.3 Å². The highest BCUT2D eigenvalue weighted by molar-refractivity contribution is 5.92. The highest BCUT2D eigenvalue weighted by Gasteiger charge is 2.34. The predicted octanol–water partition coefficient (Wildman–Crippen LogP) is 1.16. The molecule has 0 spiro atoms. The van der Waals surface area contributed by atoms with Gasteiger partial charge in [0.05, 0.1) is 24.1 Å². The second kappa shape index (κ2) is 5.13. The number of carbonyl (C=O) groups excluding carboxylic acids is 1. The first-order chi connectivity index (χ1) is 8.91. The predicted molar refractivity (Wildman–Crippen MR) is 72.1 cm³/mol. The fourth-order valence-corrected chi connectivity index (χ4v) is 2.34. The molecule has 0 aromatic carbocycles. The van der Waals surface area contributed by atoms with E-state index in [1.807, 2.05) is 20.8 Å². The number of nitrogens with zero attached hydrogens (tertiary/aromatic N) is 3. The van der Waals surface area contributed by atoms with Gasteiger partial charge in [-0.05, 0) is 20.8 Å². The summed E-state index contributed by atoms with van der Waals surface area (Å²) >= 11 is 0. The highest BCUT2D eigenvalue weighted by Crippen LogP contribution is 2.21. The van der Waals surface area contributed by atoms with E-state index in [0.29, 0.717) is 24.6 Å². The van der Waals surface area contributed by atoms with Crippen LogP contribution in [-0.2, 0) is 4.74 Å². The molecule has 19 heavy (non-hydrogen) atoms. The van der Waals surface area contributed by atoms with Gasteiger partial charge >= 0.3 is 0 Å². The first-order valence-corrected chi connectivity index (χ1v) is 6.38. The van der Waals surface area contributed by atoms with Crippen molar-refractivity contribution in [2.24, 2.45) is 0 Å². The van der Waals surface area contributed by atoms with E-state index in [0.717, 1.165) is 0 Å².